The normalized spacial score (nSPS) is 45.0. The van der Waals surface area contributed by atoms with Crippen molar-refractivity contribution < 1.29 is 0 Å². The molecule has 0 radical (unpaired) electrons. The number of fused-ring (bicyclic) bond motifs is 5. The first kappa shape index (κ1) is 20.0. The van der Waals surface area contributed by atoms with Crippen LogP contribution in [-0.2, 0) is 0 Å². The summed E-state index contributed by atoms with van der Waals surface area (Å²) < 4.78 is 0. The van der Waals surface area contributed by atoms with Gasteiger partial charge in [-0.05, 0) is 97.7 Å². The lowest BCUT2D eigenvalue weighted by Gasteiger charge is -2.58. The van der Waals surface area contributed by atoms with E-state index in [1.54, 1.807) is 0 Å². The number of hydrogen-bond acceptors (Lipinski definition) is 0. The van der Waals surface area contributed by atoms with E-state index in [-0.39, 0.29) is 0 Å². The predicted octanol–water partition coefficient (Wildman–Crippen LogP) is 8.42. The summed E-state index contributed by atoms with van der Waals surface area (Å²) in [6.07, 6.45) is 20.5. The molecule has 7 atom stereocenters. The Hall–Kier alpha value is -0.260. The van der Waals surface area contributed by atoms with Crippen LogP contribution in [0.15, 0.2) is 11.6 Å². The molecule has 4 aliphatic carbocycles. The smallest absolute Gasteiger partial charge is 0.00853 e. The van der Waals surface area contributed by atoms with Crippen molar-refractivity contribution in [1.82, 2.24) is 0 Å². The van der Waals surface area contributed by atoms with Crippen LogP contribution in [0, 0.1) is 46.3 Å². The molecular weight excluding hydrogens is 324 g/mol. The maximum Gasteiger partial charge on any atom is -0.00853 e. The van der Waals surface area contributed by atoms with Gasteiger partial charge in [0.2, 0.25) is 0 Å². The summed E-state index contributed by atoms with van der Waals surface area (Å²) in [5.74, 6) is 5.84. The van der Waals surface area contributed by atoms with Gasteiger partial charge < -0.3 is 0 Å². The van der Waals surface area contributed by atoms with Crippen molar-refractivity contribution in [2.24, 2.45) is 46.3 Å². The Morgan fingerprint density at radius 1 is 0.963 bits per heavy atom. The highest BCUT2D eigenvalue weighted by atomic mass is 14.6. The van der Waals surface area contributed by atoms with Crippen LogP contribution in [0.25, 0.3) is 0 Å². The maximum atomic E-state index is 2.74. The van der Waals surface area contributed by atoms with Crippen LogP contribution in [-0.4, -0.2) is 0 Å². The van der Waals surface area contributed by atoms with Crippen molar-refractivity contribution in [3.8, 4) is 0 Å². The molecule has 0 heteroatoms. The molecule has 3 fully saturated rings. The molecule has 0 nitrogen and oxygen atoms in total. The van der Waals surface area contributed by atoms with Crippen LogP contribution in [0.5, 0.6) is 0 Å². The van der Waals surface area contributed by atoms with Crippen molar-refractivity contribution >= 4 is 0 Å². The first-order chi connectivity index (χ1) is 12.9. The van der Waals surface area contributed by atoms with E-state index in [1.165, 1.54) is 77.0 Å². The Balaban J connectivity index is 1.49. The summed E-state index contributed by atoms with van der Waals surface area (Å²) in [4.78, 5) is 0. The van der Waals surface area contributed by atoms with Crippen LogP contribution in [0.2, 0.25) is 0 Å². The summed E-state index contributed by atoms with van der Waals surface area (Å²) in [6.45, 7) is 12.8. The minimum Gasteiger partial charge on any atom is -0.0845 e. The molecular formula is C27H46. The second-order valence-electron chi connectivity index (χ2n) is 12.0. The summed E-state index contributed by atoms with van der Waals surface area (Å²) in [6, 6.07) is 0. The lowest BCUT2D eigenvalue weighted by Crippen LogP contribution is -2.50. The highest BCUT2D eigenvalue weighted by Gasteiger charge is 2.58. The number of allylic oxidation sites excluding steroid dienone is 2. The van der Waals surface area contributed by atoms with Crippen LogP contribution in [0.3, 0.4) is 0 Å². The molecule has 4 rings (SSSR count). The highest BCUT2D eigenvalue weighted by molar-refractivity contribution is 5.24. The third-order valence-electron chi connectivity index (χ3n) is 10.2. The molecule has 0 saturated heterocycles. The first-order valence-corrected chi connectivity index (χ1v) is 12.6. The molecule has 0 heterocycles. The minimum absolute atomic E-state index is 0.573. The average Bonchev–Trinajstić information content (AvgIpc) is 2.98. The van der Waals surface area contributed by atoms with Gasteiger partial charge in [0.25, 0.3) is 0 Å². The topological polar surface area (TPSA) is 0 Å². The van der Waals surface area contributed by atoms with E-state index in [4.69, 9.17) is 0 Å². The minimum atomic E-state index is 0.573. The van der Waals surface area contributed by atoms with Crippen molar-refractivity contribution in [2.45, 2.75) is 112 Å². The second-order valence-corrected chi connectivity index (χ2v) is 12.0. The Morgan fingerprint density at radius 2 is 1.78 bits per heavy atom. The summed E-state index contributed by atoms with van der Waals surface area (Å²) in [7, 11) is 0. The van der Waals surface area contributed by atoms with Crippen molar-refractivity contribution in [1.29, 1.82) is 0 Å². The fraction of sp³-hybridized carbons (Fsp3) is 0.926. The lowest BCUT2D eigenvalue weighted by molar-refractivity contribution is -0.0500. The molecule has 0 aromatic rings. The van der Waals surface area contributed by atoms with Gasteiger partial charge in [-0.1, -0.05) is 72.0 Å². The molecule has 0 aromatic heterocycles. The Kier molecular flexibility index (Phi) is 5.59. The monoisotopic (exact) mass is 370 g/mol. The first-order valence-electron chi connectivity index (χ1n) is 12.6. The van der Waals surface area contributed by atoms with Crippen molar-refractivity contribution in [2.75, 3.05) is 0 Å². The Morgan fingerprint density at radius 3 is 2.56 bits per heavy atom. The number of hydrogen-bond donors (Lipinski definition) is 0. The fourth-order valence-corrected chi connectivity index (χ4v) is 8.72. The van der Waals surface area contributed by atoms with E-state index in [9.17, 15) is 0 Å². The highest BCUT2D eigenvalue weighted by Crippen LogP contribution is 2.67. The summed E-state index contributed by atoms with van der Waals surface area (Å²) >= 11 is 0. The molecule has 1 unspecified atom stereocenters. The van der Waals surface area contributed by atoms with Crippen molar-refractivity contribution in [3.63, 3.8) is 0 Å². The summed E-state index contributed by atoms with van der Waals surface area (Å²) in [5.41, 5.74) is 3.09. The van der Waals surface area contributed by atoms with Gasteiger partial charge in [-0.2, -0.15) is 0 Å². The van der Waals surface area contributed by atoms with Crippen LogP contribution < -0.4 is 0 Å². The van der Waals surface area contributed by atoms with E-state index < -0.39 is 0 Å². The van der Waals surface area contributed by atoms with Gasteiger partial charge in [0.1, 0.15) is 0 Å². The van der Waals surface area contributed by atoms with E-state index >= 15 is 0 Å². The van der Waals surface area contributed by atoms with Gasteiger partial charge in [-0.3, -0.25) is 0 Å². The van der Waals surface area contributed by atoms with Crippen molar-refractivity contribution in [3.05, 3.63) is 11.6 Å². The van der Waals surface area contributed by atoms with E-state index in [0.29, 0.717) is 10.8 Å². The van der Waals surface area contributed by atoms with Gasteiger partial charge in [-0.15, -0.1) is 0 Å². The molecule has 0 aliphatic heterocycles. The quantitative estimate of drug-likeness (QED) is 0.426. The zero-order chi connectivity index (χ0) is 19.2. The van der Waals surface area contributed by atoms with E-state index in [1.807, 2.05) is 5.57 Å². The lowest BCUT2D eigenvalue weighted by atomic mass is 9.47. The molecule has 3 saturated carbocycles. The van der Waals surface area contributed by atoms with Crippen LogP contribution in [0.4, 0.5) is 0 Å². The molecule has 0 N–H and O–H groups in total. The molecule has 0 spiro atoms. The maximum absolute atomic E-state index is 2.74. The SMILES string of the molecule is CC(C)CCC[C@@H](C)[C@H]1CC[C@H]2[C@@H]3CC=C4CCCC[C@]4(C)C3CC[C@]12C. The molecule has 0 amide bonds. The average molecular weight is 371 g/mol. The zero-order valence-electron chi connectivity index (χ0n) is 19.0. The largest absolute Gasteiger partial charge is 0.0845 e. The fourth-order valence-electron chi connectivity index (χ4n) is 8.72. The molecule has 154 valence electrons. The zero-order valence-corrected chi connectivity index (χ0v) is 19.0. The molecule has 0 bridgehead atoms. The summed E-state index contributed by atoms with van der Waals surface area (Å²) in [5, 5.41) is 0. The third kappa shape index (κ3) is 3.36. The molecule has 0 aromatic carbocycles. The van der Waals surface area contributed by atoms with Gasteiger partial charge >= 0.3 is 0 Å². The molecule has 27 heavy (non-hydrogen) atoms. The van der Waals surface area contributed by atoms with Gasteiger partial charge in [0.05, 0.1) is 0 Å². The Bertz CT molecular complexity index is 556. The van der Waals surface area contributed by atoms with Gasteiger partial charge in [-0.25, -0.2) is 0 Å². The third-order valence-corrected chi connectivity index (χ3v) is 10.2. The van der Waals surface area contributed by atoms with Crippen LogP contribution >= 0.6 is 0 Å². The predicted molar refractivity (Wildman–Crippen MR) is 118 cm³/mol. The number of rotatable bonds is 5. The van der Waals surface area contributed by atoms with E-state index in [0.717, 1.165) is 35.5 Å². The standard InChI is InChI=1S/C27H46/c1-19(2)9-8-10-20(3)23-14-15-24-22-13-12-21-11-6-7-17-26(21,4)25(22)16-18-27(23,24)5/h12,19-20,22-25H,6-11,13-18H2,1-5H3/t20-,22+,23-,24+,25?,26+,27-/m1/s1. The van der Waals surface area contributed by atoms with Gasteiger partial charge in [0, 0.05) is 0 Å². The molecule has 4 aliphatic rings. The Labute approximate surface area is 170 Å². The van der Waals surface area contributed by atoms with Crippen LogP contribution in [0.1, 0.15) is 112 Å². The van der Waals surface area contributed by atoms with Gasteiger partial charge in [0.15, 0.2) is 0 Å². The second kappa shape index (κ2) is 7.53. The van der Waals surface area contributed by atoms with E-state index in [2.05, 4.69) is 40.7 Å².